The lowest BCUT2D eigenvalue weighted by atomic mass is 10.0. The number of carbonyl (C=O) groups excluding carboxylic acids is 1. The summed E-state index contributed by atoms with van der Waals surface area (Å²) in [5.74, 6) is -0.293. The molecule has 1 aromatic carbocycles. The fourth-order valence-corrected chi connectivity index (χ4v) is 5.79. The Morgan fingerprint density at radius 2 is 1.97 bits per heavy atom. The number of aromatic nitrogens is 1. The summed E-state index contributed by atoms with van der Waals surface area (Å²) in [5.41, 5.74) is 3.21. The van der Waals surface area contributed by atoms with Gasteiger partial charge >= 0.3 is 0 Å². The van der Waals surface area contributed by atoms with Crippen molar-refractivity contribution in [3.8, 4) is 0 Å². The second-order valence-electron chi connectivity index (χ2n) is 7.65. The van der Waals surface area contributed by atoms with Crippen molar-refractivity contribution in [1.82, 2.24) is 14.6 Å². The predicted octanol–water partition coefficient (Wildman–Crippen LogP) is 3.01. The maximum absolute atomic E-state index is 12.7. The second kappa shape index (κ2) is 9.36. The van der Waals surface area contributed by atoms with E-state index in [1.165, 1.54) is 30.5 Å². The van der Waals surface area contributed by atoms with Crippen LogP contribution in [0.3, 0.4) is 0 Å². The van der Waals surface area contributed by atoms with E-state index in [1.807, 2.05) is 13.8 Å². The van der Waals surface area contributed by atoms with Gasteiger partial charge in [-0.2, -0.15) is 4.31 Å². The number of carbonyl (C=O) groups is 1. The number of nitrogens with zero attached hydrogens (tertiary/aromatic N) is 2. The topological polar surface area (TPSA) is 79.4 Å². The van der Waals surface area contributed by atoms with Crippen LogP contribution >= 0.6 is 11.3 Å². The molecule has 0 saturated heterocycles. The van der Waals surface area contributed by atoms with Gasteiger partial charge in [0.05, 0.1) is 22.1 Å². The molecule has 0 unspecified atom stereocenters. The maximum Gasteiger partial charge on any atom is 0.243 e. The number of hydrogen-bond acceptors (Lipinski definition) is 5. The Bertz CT molecular complexity index is 960. The first kappa shape index (κ1) is 21.9. The van der Waals surface area contributed by atoms with Crippen molar-refractivity contribution in [2.45, 2.75) is 57.3 Å². The first-order valence-corrected chi connectivity index (χ1v) is 12.3. The molecule has 1 N–H and O–H groups in total. The Morgan fingerprint density at radius 3 is 2.69 bits per heavy atom. The van der Waals surface area contributed by atoms with E-state index in [9.17, 15) is 13.2 Å². The van der Waals surface area contributed by atoms with Crippen LogP contribution in [-0.4, -0.2) is 43.8 Å². The SMILES string of the molecule is Cc1ccc(S(=O)(=O)N(C)CC(=O)NCCCc2nc3c(s2)CCCC3)cc1C. The molecule has 0 atom stereocenters. The van der Waals surface area contributed by atoms with E-state index in [4.69, 9.17) is 4.98 Å². The highest BCUT2D eigenvalue weighted by molar-refractivity contribution is 7.89. The average molecular weight is 436 g/mol. The van der Waals surface area contributed by atoms with E-state index in [-0.39, 0.29) is 17.3 Å². The highest BCUT2D eigenvalue weighted by atomic mass is 32.2. The van der Waals surface area contributed by atoms with Crippen LogP contribution in [0.15, 0.2) is 23.1 Å². The minimum atomic E-state index is -3.68. The molecule has 8 heteroatoms. The first-order chi connectivity index (χ1) is 13.8. The number of thiazole rings is 1. The Morgan fingerprint density at radius 1 is 1.21 bits per heavy atom. The number of benzene rings is 1. The molecule has 1 aliphatic carbocycles. The van der Waals surface area contributed by atoms with Gasteiger partial charge in [0, 0.05) is 24.9 Å². The molecular formula is C21H29N3O3S2. The van der Waals surface area contributed by atoms with Crippen molar-refractivity contribution in [1.29, 1.82) is 0 Å². The number of fused-ring (bicyclic) bond motifs is 1. The molecular weight excluding hydrogens is 406 g/mol. The van der Waals surface area contributed by atoms with Gasteiger partial charge < -0.3 is 5.32 Å². The normalized spacial score (nSPS) is 14.1. The number of aryl methyl sites for hydroxylation is 5. The molecule has 29 heavy (non-hydrogen) atoms. The van der Waals surface area contributed by atoms with Crippen LogP contribution in [0, 0.1) is 13.8 Å². The van der Waals surface area contributed by atoms with Crippen LogP contribution in [0.25, 0.3) is 0 Å². The summed E-state index contributed by atoms with van der Waals surface area (Å²) in [7, 11) is -2.25. The van der Waals surface area contributed by atoms with Crippen LogP contribution in [0.1, 0.15) is 46.0 Å². The molecule has 0 spiro atoms. The van der Waals surface area contributed by atoms with E-state index in [1.54, 1.807) is 29.5 Å². The Balaban J connectivity index is 1.46. The predicted molar refractivity (Wildman–Crippen MR) is 116 cm³/mol. The quantitative estimate of drug-likeness (QED) is 0.647. The number of likely N-dealkylation sites (N-methyl/N-ethyl adjacent to an activating group) is 1. The zero-order chi connectivity index (χ0) is 21.0. The van der Waals surface area contributed by atoms with Crippen molar-refractivity contribution in [3.63, 3.8) is 0 Å². The van der Waals surface area contributed by atoms with E-state index in [0.29, 0.717) is 6.54 Å². The fourth-order valence-electron chi connectivity index (χ4n) is 3.38. The van der Waals surface area contributed by atoms with Gasteiger partial charge in [-0.15, -0.1) is 11.3 Å². The van der Waals surface area contributed by atoms with Gasteiger partial charge in [-0.3, -0.25) is 4.79 Å². The standard InChI is InChI=1S/C21H29N3O3S2/c1-15-10-11-17(13-16(15)2)29(26,27)24(3)14-20(25)22-12-6-9-21-23-18-7-4-5-8-19(18)28-21/h10-11,13H,4-9,12,14H2,1-3H3,(H,22,25). The number of rotatable bonds is 8. The Hall–Kier alpha value is -1.77. The molecule has 1 amide bonds. The lowest BCUT2D eigenvalue weighted by Gasteiger charge is -2.17. The van der Waals surface area contributed by atoms with Gasteiger partial charge in [-0.25, -0.2) is 13.4 Å². The van der Waals surface area contributed by atoms with Crippen molar-refractivity contribution in [2.24, 2.45) is 0 Å². The smallest absolute Gasteiger partial charge is 0.243 e. The number of nitrogens with one attached hydrogen (secondary N) is 1. The molecule has 0 aliphatic heterocycles. The monoisotopic (exact) mass is 435 g/mol. The van der Waals surface area contributed by atoms with Crippen LogP contribution in [0.2, 0.25) is 0 Å². The van der Waals surface area contributed by atoms with Gasteiger partial charge in [0.2, 0.25) is 15.9 Å². The van der Waals surface area contributed by atoms with Gasteiger partial charge in [0.25, 0.3) is 0 Å². The molecule has 0 bridgehead atoms. The van der Waals surface area contributed by atoms with Crippen LogP contribution in [-0.2, 0) is 34.1 Å². The highest BCUT2D eigenvalue weighted by Crippen LogP contribution is 2.27. The van der Waals surface area contributed by atoms with Crippen molar-refractivity contribution in [2.75, 3.05) is 20.1 Å². The number of hydrogen-bond donors (Lipinski definition) is 1. The third-order valence-electron chi connectivity index (χ3n) is 5.33. The van der Waals surface area contributed by atoms with E-state index >= 15 is 0 Å². The highest BCUT2D eigenvalue weighted by Gasteiger charge is 2.23. The number of sulfonamides is 1. The summed E-state index contributed by atoms with van der Waals surface area (Å²) in [5, 5.41) is 3.96. The molecule has 0 saturated carbocycles. The zero-order valence-corrected chi connectivity index (χ0v) is 19.0. The fraction of sp³-hybridized carbons (Fsp3) is 0.524. The van der Waals surface area contributed by atoms with Crippen molar-refractivity contribution in [3.05, 3.63) is 44.9 Å². The van der Waals surface area contributed by atoms with Gasteiger partial charge in [-0.1, -0.05) is 6.07 Å². The lowest BCUT2D eigenvalue weighted by molar-refractivity contribution is -0.121. The van der Waals surface area contributed by atoms with Gasteiger partial charge in [-0.05, 0) is 69.2 Å². The molecule has 3 rings (SSSR count). The average Bonchev–Trinajstić information content (AvgIpc) is 3.10. The van der Waals surface area contributed by atoms with E-state index in [2.05, 4.69) is 5.32 Å². The maximum atomic E-state index is 12.7. The summed E-state index contributed by atoms with van der Waals surface area (Å²) in [6, 6.07) is 5.01. The Kier molecular flexibility index (Phi) is 7.08. The van der Waals surface area contributed by atoms with Crippen LogP contribution in [0.5, 0.6) is 0 Å². The molecule has 0 radical (unpaired) electrons. The van der Waals surface area contributed by atoms with E-state index < -0.39 is 10.0 Å². The van der Waals surface area contributed by atoms with Crippen LogP contribution < -0.4 is 5.32 Å². The number of amides is 1. The first-order valence-electron chi connectivity index (χ1n) is 10.0. The molecule has 158 valence electrons. The lowest BCUT2D eigenvalue weighted by Crippen LogP contribution is -2.38. The summed E-state index contributed by atoms with van der Waals surface area (Å²) < 4.78 is 26.5. The third-order valence-corrected chi connectivity index (χ3v) is 8.35. The third kappa shape index (κ3) is 5.43. The molecule has 1 aromatic heterocycles. The molecule has 1 heterocycles. The molecule has 2 aromatic rings. The van der Waals surface area contributed by atoms with Crippen LogP contribution in [0.4, 0.5) is 0 Å². The summed E-state index contributed by atoms with van der Waals surface area (Å²) in [4.78, 5) is 18.5. The minimum Gasteiger partial charge on any atom is -0.355 e. The summed E-state index contributed by atoms with van der Waals surface area (Å²) in [6.07, 6.45) is 6.35. The zero-order valence-electron chi connectivity index (χ0n) is 17.3. The summed E-state index contributed by atoms with van der Waals surface area (Å²) in [6.45, 7) is 4.13. The molecule has 6 nitrogen and oxygen atoms in total. The Labute approximate surface area is 177 Å². The molecule has 0 fully saturated rings. The van der Waals surface area contributed by atoms with Gasteiger partial charge in [0.15, 0.2) is 0 Å². The largest absolute Gasteiger partial charge is 0.355 e. The molecule has 1 aliphatic rings. The minimum absolute atomic E-state index is 0.194. The van der Waals surface area contributed by atoms with E-state index in [0.717, 1.165) is 46.1 Å². The summed E-state index contributed by atoms with van der Waals surface area (Å²) >= 11 is 1.80. The van der Waals surface area contributed by atoms with Gasteiger partial charge in [0.1, 0.15) is 0 Å². The van der Waals surface area contributed by atoms with Crippen molar-refractivity contribution < 1.29 is 13.2 Å². The second-order valence-corrected chi connectivity index (χ2v) is 10.9. The van der Waals surface area contributed by atoms with Crippen molar-refractivity contribution >= 4 is 27.3 Å².